The van der Waals surface area contributed by atoms with Crippen molar-refractivity contribution >= 4 is 33.0 Å². The van der Waals surface area contributed by atoms with Crippen LogP contribution in [-0.4, -0.2) is 6.04 Å². The quantitative estimate of drug-likeness (QED) is 0.846. The number of anilines is 1. The maximum Gasteiger partial charge on any atom is 0.0526 e. The van der Waals surface area contributed by atoms with Gasteiger partial charge in [0.05, 0.1) is 12.2 Å². The topological polar surface area (TPSA) is 29.3 Å². The summed E-state index contributed by atoms with van der Waals surface area (Å²) in [5, 5.41) is 2.15. The number of nitrogens with two attached hydrogens (primary N) is 1. The molecule has 2 aromatic rings. The standard InChI is InChI=1S/C16H19BrN2S/c1-11(18)12-4-7-16(15(17)9-12)19(13-5-6-13)10-14-3-2-8-20-14/h2-4,7-9,11,13H,5-6,10,18H2,1H3/t11-/m0/s1. The normalized spacial score (nSPS) is 16.1. The zero-order valence-corrected chi connectivity index (χ0v) is 14.0. The van der Waals surface area contributed by atoms with Gasteiger partial charge in [-0.25, -0.2) is 0 Å². The van der Waals surface area contributed by atoms with Crippen LogP contribution in [0.2, 0.25) is 0 Å². The summed E-state index contributed by atoms with van der Waals surface area (Å²) in [7, 11) is 0. The van der Waals surface area contributed by atoms with Crippen molar-refractivity contribution in [2.45, 2.75) is 38.4 Å². The fourth-order valence-corrected chi connectivity index (χ4v) is 3.73. The molecule has 3 rings (SSSR count). The van der Waals surface area contributed by atoms with Crippen LogP contribution in [0.15, 0.2) is 40.2 Å². The molecular formula is C16H19BrN2S. The van der Waals surface area contributed by atoms with Gasteiger partial charge in [-0.2, -0.15) is 0 Å². The lowest BCUT2D eigenvalue weighted by atomic mass is 10.1. The predicted molar refractivity (Wildman–Crippen MR) is 90.3 cm³/mol. The van der Waals surface area contributed by atoms with Gasteiger partial charge in [0, 0.05) is 21.4 Å². The molecule has 0 unspecified atom stereocenters. The van der Waals surface area contributed by atoms with E-state index in [0.29, 0.717) is 6.04 Å². The van der Waals surface area contributed by atoms with Crippen molar-refractivity contribution in [3.05, 3.63) is 50.6 Å². The minimum absolute atomic E-state index is 0.0759. The average molecular weight is 351 g/mol. The highest BCUT2D eigenvalue weighted by atomic mass is 79.9. The second-order valence-corrected chi connectivity index (χ2v) is 7.32. The van der Waals surface area contributed by atoms with Crippen molar-refractivity contribution in [1.82, 2.24) is 0 Å². The maximum absolute atomic E-state index is 5.96. The number of nitrogens with zero attached hydrogens (tertiary/aromatic N) is 1. The van der Waals surface area contributed by atoms with Crippen LogP contribution in [-0.2, 0) is 6.54 Å². The van der Waals surface area contributed by atoms with Gasteiger partial charge in [-0.05, 0) is 64.8 Å². The molecule has 2 N–H and O–H groups in total. The van der Waals surface area contributed by atoms with Gasteiger partial charge in [0.25, 0.3) is 0 Å². The summed E-state index contributed by atoms with van der Waals surface area (Å²) in [6, 6.07) is 11.6. The number of rotatable bonds is 5. The van der Waals surface area contributed by atoms with Crippen molar-refractivity contribution < 1.29 is 0 Å². The van der Waals surface area contributed by atoms with E-state index < -0.39 is 0 Å². The van der Waals surface area contributed by atoms with E-state index in [9.17, 15) is 0 Å². The fourth-order valence-electron chi connectivity index (χ4n) is 2.41. The van der Waals surface area contributed by atoms with Crippen LogP contribution >= 0.6 is 27.3 Å². The van der Waals surface area contributed by atoms with Crippen LogP contribution < -0.4 is 10.6 Å². The molecule has 0 amide bonds. The van der Waals surface area contributed by atoms with Crippen LogP contribution in [0.4, 0.5) is 5.69 Å². The van der Waals surface area contributed by atoms with E-state index in [0.717, 1.165) is 11.0 Å². The minimum Gasteiger partial charge on any atom is -0.362 e. The molecule has 0 bridgehead atoms. The zero-order chi connectivity index (χ0) is 14.1. The van der Waals surface area contributed by atoms with Crippen molar-refractivity contribution in [3.8, 4) is 0 Å². The molecule has 4 heteroatoms. The van der Waals surface area contributed by atoms with Crippen LogP contribution in [0, 0.1) is 0 Å². The van der Waals surface area contributed by atoms with Crippen LogP contribution in [0.25, 0.3) is 0 Å². The van der Waals surface area contributed by atoms with Crippen molar-refractivity contribution in [2.24, 2.45) is 5.73 Å². The lowest BCUT2D eigenvalue weighted by Crippen LogP contribution is -2.25. The third-order valence-electron chi connectivity index (χ3n) is 3.70. The smallest absolute Gasteiger partial charge is 0.0526 e. The number of hydrogen-bond acceptors (Lipinski definition) is 3. The molecule has 0 aliphatic heterocycles. The van der Waals surface area contributed by atoms with Gasteiger partial charge in [-0.3, -0.25) is 0 Å². The van der Waals surface area contributed by atoms with Crippen LogP contribution in [0.1, 0.15) is 36.2 Å². The molecule has 0 radical (unpaired) electrons. The number of thiophene rings is 1. The van der Waals surface area contributed by atoms with Crippen molar-refractivity contribution in [2.75, 3.05) is 4.90 Å². The molecular weight excluding hydrogens is 332 g/mol. The predicted octanol–water partition coefficient (Wildman–Crippen LogP) is 4.70. The Labute approximate surface area is 132 Å². The first-order chi connectivity index (χ1) is 9.65. The first-order valence-electron chi connectivity index (χ1n) is 6.99. The Bertz CT molecular complexity index is 576. The van der Waals surface area contributed by atoms with Gasteiger partial charge in [0.1, 0.15) is 0 Å². The monoisotopic (exact) mass is 350 g/mol. The Kier molecular flexibility index (Phi) is 4.15. The molecule has 1 aliphatic rings. The highest BCUT2D eigenvalue weighted by molar-refractivity contribution is 9.10. The van der Waals surface area contributed by atoms with Gasteiger partial charge in [0.15, 0.2) is 0 Å². The van der Waals surface area contributed by atoms with Crippen LogP contribution in [0.3, 0.4) is 0 Å². The molecule has 1 heterocycles. The van der Waals surface area contributed by atoms with E-state index >= 15 is 0 Å². The molecule has 0 saturated heterocycles. The Morgan fingerprint density at radius 1 is 1.40 bits per heavy atom. The zero-order valence-electron chi connectivity index (χ0n) is 11.6. The molecule has 20 heavy (non-hydrogen) atoms. The SMILES string of the molecule is C[C@H](N)c1ccc(N(Cc2cccs2)C2CC2)c(Br)c1. The second kappa shape index (κ2) is 5.88. The Balaban J connectivity index is 1.87. The number of hydrogen-bond donors (Lipinski definition) is 1. The summed E-state index contributed by atoms with van der Waals surface area (Å²) in [5.74, 6) is 0. The molecule has 1 atom stereocenters. The van der Waals surface area contributed by atoms with E-state index in [1.54, 1.807) is 0 Å². The van der Waals surface area contributed by atoms with Crippen molar-refractivity contribution in [3.63, 3.8) is 0 Å². The summed E-state index contributed by atoms with van der Waals surface area (Å²) in [5.41, 5.74) is 8.41. The first kappa shape index (κ1) is 14.1. The first-order valence-corrected chi connectivity index (χ1v) is 8.66. The van der Waals surface area contributed by atoms with E-state index in [-0.39, 0.29) is 6.04 Å². The summed E-state index contributed by atoms with van der Waals surface area (Å²) >= 11 is 5.55. The van der Waals surface area contributed by atoms with Crippen molar-refractivity contribution in [1.29, 1.82) is 0 Å². The second-order valence-electron chi connectivity index (χ2n) is 5.44. The molecule has 106 valence electrons. The number of benzene rings is 1. The molecule has 1 aromatic heterocycles. The highest BCUT2D eigenvalue weighted by Crippen LogP contribution is 2.38. The average Bonchev–Trinajstić information content (AvgIpc) is 3.14. The summed E-state index contributed by atoms with van der Waals surface area (Å²) < 4.78 is 1.15. The molecule has 1 fully saturated rings. The highest BCUT2D eigenvalue weighted by Gasteiger charge is 2.30. The Hall–Kier alpha value is -0.840. The molecule has 1 aliphatic carbocycles. The Morgan fingerprint density at radius 2 is 2.20 bits per heavy atom. The third kappa shape index (κ3) is 3.08. The molecule has 2 nitrogen and oxygen atoms in total. The molecule has 0 spiro atoms. The van der Waals surface area contributed by atoms with E-state index in [1.807, 2.05) is 18.3 Å². The van der Waals surface area contributed by atoms with E-state index in [1.165, 1.54) is 29.0 Å². The summed E-state index contributed by atoms with van der Waals surface area (Å²) in [6.07, 6.45) is 2.60. The van der Waals surface area contributed by atoms with Gasteiger partial charge in [-0.15, -0.1) is 11.3 Å². The molecule has 1 saturated carbocycles. The number of halogens is 1. The largest absolute Gasteiger partial charge is 0.362 e. The van der Waals surface area contributed by atoms with Gasteiger partial charge in [-0.1, -0.05) is 12.1 Å². The van der Waals surface area contributed by atoms with Gasteiger partial charge in [0.2, 0.25) is 0 Å². The maximum atomic E-state index is 5.96. The fraction of sp³-hybridized carbons (Fsp3) is 0.375. The summed E-state index contributed by atoms with van der Waals surface area (Å²) in [4.78, 5) is 3.93. The van der Waals surface area contributed by atoms with E-state index in [4.69, 9.17) is 5.73 Å². The van der Waals surface area contributed by atoms with Gasteiger partial charge >= 0.3 is 0 Å². The Morgan fingerprint density at radius 3 is 2.75 bits per heavy atom. The van der Waals surface area contributed by atoms with E-state index in [2.05, 4.69) is 56.5 Å². The lowest BCUT2D eigenvalue weighted by Gasteiger charge is -2.26. The van der Waals surface area contributed by atoms with Gasteiger partial charge < -0.3 is 10.6 Å². The van der Waals surface area contributed by atoms with Crippen LogP contribution in [0.5, 0.6) is 0 Å². The third-order valence-corrected chi connectivity index (χ3v) is 5.20. The lowest BCUT2D eigenvalue weighted by molar-refractivity contribution is 0.793. The summed E-state index contributed by atoms with van der Waals surface area (Å²) in [6.45, 7) is 3.02. The molecule has 1 aromatic carbocycles. The minimum atomic E-state index is 0.0759.